The van der Waals surface area contributed by atoms with Gasteiger partial charge in [-0.2, -0.15) is 5.26 Å². The molecule has 0 aromatic heterocycles. The molecule has 0 unspecified atom stereocenters. The molecular weight excluding hydrogens is 242 g/mol. The normalized spacial score (nSPS) is 17.7. The molecule has 5 nitrogen and oxygen atoms in total. The lowest BCUT2D eigenvalue weighted by molar-refractivity contribution is -0.0572. The Bertz CT molecular complexity index is 490. The van der Waals surface area contributed by atoms with Crippen LogP contribution in [0.4, 0.5) is 11.4 Å². The van der Waals surface area contributed by atoms with E-state index in [1.54, 1.807) is 12.1 Å². The summed E-state index contributed by atoms with van der Waals surface area (Å²) in [5, 5.41) is 19.6. The smallest absolute Gasteiger partial charge is 0.101 e. The summed E-state index contributed by atoms with van der Waals surface area (Å²) in [6.07, 6.45) is 1.24. The van der Waals surface area contributed by atoms with Crippen molar-refractivity contribution < 1.29 is 9.84 Å². The van der Waals surface area contributed by atoms with Crippen molar-refractivity contribution >= 4 is 11.4 Å². The minimum atomic E-state index is -0.749. The molecule has 0 bridgehead atoms. The summed E-state index contributed by atoms with van der Waals surface area (Å²) < 4.78 is 5.27. The van der Waals surface area contributed by atoms with Crippen LogP contribution in [0.2, 0.25) is 0 Å². The van der Waals surface area contributed by atoms with Gasteiger partial charge in [-0.25, -0.2) is 0 Å². The lowest BCUT2D eigenvalue weighted by Crippen LogP contribution is -2.45. The Kier molecular flexibility index (Phi) is 3.93. The molecule has 0 atom stereocenters. The number of benzene rings is 1. The van der Waals surface area contributed by atoms with Gasteiger partial charge in [-0.1, -0.05) is 0 Å². The molecule has 1 fully saturated rings. The van der Waals surface area contributed by atoms with E-state index >= 15 is 0 Å². The summed E-state index contributed by atoms with van der Waals surface area (Å²) in [5.74, 6) is 0. The lowest BCUT2D eigenvalue weighted by atomic mass is 9.93. The van der Waals surface area contributed by atoms with E-state index in [2.05, 4.69) is 6.07 Å². The van der Waals surface area contributed by atoms with Gasteiger partial charge in [-0.05, 0) is 18.2 Å². The predicted octanol–water partition coefficient (Wildman–Crippen LogP) is 1.12. The molecule has 0 aliphatic carbocycles. The van der Waals surface area contributed by atoms with Crippen molar-refractivity contribution in [3.63, 3.8) is 0 Å². The quantitative estimate of drug-likeness (QED) is 0.797. The van der Waals surface area contributed by atoms with Crippen LogP contribution in [-0.4, -0.2) is 37.5 Å². The number of rotatable bonds is 3. The number of aliphatic hydroxyl groups is 1. The highest BCUT2D eigenvalue weighted by Gasteiger charge is 2.31. The van der Waals surface area contributed by atoms with Crippen molar-refractivity contribution in [3.8, 4) is 6.07 Å². The third kappa shape index (κ3) is 3.16. The summed E-state index contributed by atoms with van der Waals surface area (Å²) in [5.41, 5.74) is 6.81. The highest BCUT2D eigenvalue weighted by Crippen LogP contribution is 2.26. The van der Waals surface area contributed by atoms with E-state index in [0.717, 1.165) is 5.69 Å². The van der Waals surface area contributed by atoms with Gasteiger partial charge in [0.05, 0.1) is 16.9 Å². The lowest BCUT2D eigenvalue weighted by Gasteiger charge is -2.36. The standard InChI is InChI=1S/C14H19N3O2/c1-17(10-14(18)4-6-19-7-5-14)13-3-2-12(16)8-11(13)9-15/h2-3,8,18H,4-7,10,16H2,1H3. The van der Waals surface area contributed by atoms with Gasteiger partial charge in [-0.3, -0.25) is 0 Å². The van der Waals surface area contributed by atoms with Crippen LogP contribution in [0.15, 0.2) is 18.2 Å². The molecule has 0 saturated carbocycles. The van der Waals surface area contributed by atoms with Gasteiger partial charge >= 0.3 is 0 Å². The van der Waals surface area contributed by atoms with E-state index in [1.807, 2.05) is 18.0 Å². The Morgan fingerprint density at radius 3 is 2.79 bits per heavy atom. The highest BCUT2D eigenvalue weighted by molar-refractivity contribution is 5.64. The van der Waals surface area contributed by atoms with Crippen LogP contribution in [-0.2, 0) is 4.74 Å². The molecule has 0 radical (unpaired) electrons. The van der Waals surface area contributed by atoms with E-state index in [1.165, 1.54) is 0 Å². The molecule has 1 aliphatic rings. The molecule has 0 amide bonds. The Morgan fingerprint density at radius 1 is 1.47 bits per heavy atom. The first-order chi connectivity index (χ1) is 9.04. The molecule has 1 aromatic rings. The average molecular weight is 261 g/mol. The number of hydrogen-bond acceptors (Lipinski definition) is 5. The number of likely N-dealkylation sites (N-methyl/N-ethyl adjacent to an activating group) is 1. The fourth-order valence-corrected chi connectivity index (χ4v) is 2.41. The van der Waals surface area contributed by atoms with Crippen LogP contribution >= 0.6 is 0 Å². The summed E-state index contributed by atoms with van der Waals surface area (Å²) in [7, 11) is 1.87. The predicted molar refractivity (Wildman–Crippen MR) is 73.8 cm³/mol. The number of ether oxygens (including phenoxy) is 1. The Labute approximate surface area is 113 Å². The zero-order chi connectivity index (χ0) is 13.9. The van der Waals surface area contributed by atoms with Gasteiger partial charge in [0.25, 0.3) is 0 Å². The SMILES string of the molecule is CN(CC1(O)CCOCC1)c1ccc(N)cc1C#N. The van der Waals surface area contributed by atoms with Gasteiger partial charge in [0.1, 0.15) is 6.07 Å². The maximum atomic E-state index is 10.5. The zero-order valence-corrected chi connectivity index (χ0v) is 11.1. The summed E-state index contributed by atoms with van der Waals surface area (Å²) in [4.78, 5) is 1.91. The first-order valence-corrected chi connectivity index (χ1v) is 6.35. The minimum absolute atomic E-state index is 0.481. The monoisotopic (exact) mass is 261 g/mol. The molecule has 1 aliphatic heterocycles. The summed E-state index contributed by atoms with van der Waals surface area (Å²) >= 11 is 0. The third-order valence-corrected chi connectivity index (χ3v) is 3.51. The minimum Gasteiger partial charge on any atom is -0.399 e. The second kappa shape index (κ2) is 5.47. The largest absolute Gasteiger partial charge is 0.399 e. The number of nitriles is 1. The number of nitrogen functional groups attached to an aromatic ring is 1. The molecule has 3 N–H and O–H groups in total. The molecule has 2 rings (SSSR count). The highest BCUT2D eigenvalue weighted by atomic mass is 16.5. The second-order valence-electron chi connectivity index (χ2n) is 5.08. The van der Waals surface area contributed by atoms with Gasteiger partial charge < -0.3 is 20.5 Å². The Balaban J connectivity index is 2.15. The van der Waals surface area contributed by atoms with Crippen LogP contribution in [0.25, 0.3) is 0 Å². The molecule has 1 aromatic carbocycles. The van der Waals surface area contributed by atoms with Crippen LogP contribution in [0.3, 0.4) is 0 Å². The molecule has 19 heavy (non-hydrogen) atoms. The van der Waals surface area contributed by atoms with E-state index in [4.69, 9.17) is 15.7 Å². The molecule has 5 heteroatoms. The van der Waals surface area contributed by atoms with Gasteiger partial charge in [-0.15, -0.1) is 0 Å². The van der Waals surface area contributed by atoms with Crippen LogP contribution < -0.4 is 10.6 Å². The average Bonchev–Trinajstić information content (AvgIpc) is 2.38. The first-order valence-electron chi connectivity index (χ1n) is 6.35. The topological polar surface area (TPSA) is 82.5 Å². The molecule has 1 saturated heterocycles. The van der Waals surface area contributed by atoms with E-state index in [9.17, 15) is 5.11 Å². The Hall–Kier alpha value is -1.77. The molecule has 102 valence electrons. The van der Waals surface area contributed by atoms with Gasteiger partial charge in [0.2, 0.25) is 0 Å². The Morgan fingerprint density at radius 2 is 2.16 bits per heavy atom. The van der Waals surface area contributed by atoms with Crippen LogP contribution in [0.5, 0.6) is 0 Å². The number of nitrogens with two attached hydrogens (primary N) is 1. The van der Waals surface area contributed by atoms with E-state index in [-0.39, 0.29) is 0 Å². The maximum absolute atomic E-state index is 10.5. The first kappa shape index (κ1) is 13.7. The van der Waals surface area contributed by atoms with Crippen molar-refractivity contribution in [2.45, 2.75) is 18.4 Å². The fraction of sp³-hybridized carbons (Fsp3) is 0.500. The van der Waals surface area contributed by atoms with Crippen molar-refractivity contribution in [2.75, 3.05) is 37.4 Å². The summed E-state index contributed by atoms with van der Waals surface area (Å²) in [6, 6.07) is 7.37. The van der Waals surface area contributed by atoms with Crippen molar-refractivity contribution in [2.24, 2.45) is 0 Å². The van der Waals surface area contributed by atoms with Crippen LogP contribution in [0, 0.1) is 11.3 Å². The van der Waals surface area contributed by atoms with Crippen molar-refractivity contribution in [1.29, 1.82) is 5.26 Å². The molecular formula is C14H19N3O2. The third-order valence-electron chi connectivity index (χ3n) is 3.51. The van der Waals surface area contributed by atoms with Gasteiger partial charge in [0, 0.05) is 45.3 Å². The van der Waals surface area contributed by atoms with Gasteiger partial charge in [0.15, 0.2) is 0 Å². The zero-order valence-electron chi connectivity index (χ0n) is 11.1. The molecule has 1 heterocycles. The van der Waals surface area contributed by atoms with Crippen molar-refractivity contribution in [3.05, 3.63) is 23.8 Å². The van der Waals surface area contributed by atoms with E-state index < -0.39 is 5.60 Å². The number of nitrogens with zero attached hydrogens (tertiary/aromatic N) is 2. The molecule has 0 spiro atoms. The second-order valence-corrected chi connectivity index (χ2v) is 5.08. The number of anilines is 2. The maximum Gasteiger partial charge on any atom is 0.101 e. The van der Waals surface area contributed by atoms with Crippen LogP contribution in [0.1, 0.15) is 18.4 Å². The fourth-order valence-electron chi connectivity index (χ4n) is 2.41. The summed E-state index contributed by atoms with van der Waals surface area (Å²) in [6.45, 7) is 1.64. The van der Waals surface area contributed by atoms with Crippen molar-refractivity contribution in [1.82, 2.24) is 0 Å². The van der Waals surface area contributed by atoms with E-state index in [0.29, 0.717) is 43.9 Å². The number of hydrogen-bond donors (Lipinski definition) is 2.